The molecule has 1 aliphatic rings. The van der Waals surface area contributed by atoms with E-state index in [9.17, 15) is 9.59 Å². The quantitative estimate of drug-likeness (QED) is 0.268. The maximum Gasteiger partial charge on any atom is 0.343 e. The summed E-state index contributed by atoms with van der Waals surface area (Å²) in [6.07, 6.45) is 2.64. The number of benzene rings is 2. The Labute approximate surface area is 178 Å². The number of nitrogens with zero attached hydrogens (tertiary/aromatic N) is 1. The summed E-state index contributed by atoms with van der Waals surface area (Å²) >= 11 is 12.5. The second-order valence-electron chi connectivity index (χ2n) is 6.27. The molecule has 0 spiro atoms. The third-order valence-electron chi connectivity index (χ3n) is 4.32. The maximum atomic E-state index is 12.6. The lowest BCUT2D eigenvalue weighted by atomic mass is 10.2. The molecule has 1 unspecified atom stereocenters. The van der Waals surface area contributed by atoms with Crippen molar-refractivity contribution in [3.8, 4) is 5.75 Å². The Kier molecular flexibility index (Phi) is 6.54. The smallest absolute Gasteiger partial charge is 0.343 e. The largest absolute Gasteiger partial charge is 0.423 e. The van der Waals surface area contributed by atoms with Crippen molar-refractivity contribution >= 4 is 57.9 Å². The fourth-order valence-corrected chi connectivity index (χ4v) is 4.17. The van der Waals surface area contributed by atoms with E-state index in [4.69, 9.17) is 28.6 Å². The van der Waals surface area contributed by atoms with Crippen molar-refractivity contribution in [1.29, 1.82) is 0 Å². The van der Waals surface area contributed by atoms with E-state index >= 15 is 0 Å². The first-order valence-corrected chi connectivity index (χ1v) is 10.3. The van der Waals surface area contributed by atoms with E-state index in [0.29, 0.717) is 25.6 Å². The molecule has 0 radical (unpaired) electrons. The van der Waals surface area contributed by atoms with Gasteiger partial charge in [-0.25, -0.2) is 4.79 Å². The number of carbonyl (C=O) groups is 2. The molecule has 0 N–H and O–H groups in total. The van der Waals surface area contributed by atoms with E-state index in [1.807, 2.05) is 13.8 Å². The molecule has 0 aliphatic carbocycles. The Hall–Kier alpha value is -2.15. The standard InChI is InChI=1S/C21H18ClNO3S2/c1-3-13(2)23-19(24)18(28-21(23)27)12-14-4-10-17(11-5-14)26-20(25)15-6-8-16(22)9-7-15/h4-13H,3H2,1-2H3/b18-12-. The summed E-state index contributed by atoms with van der Waals surface area (Å²) in [5.74, 6) is -0.106. The molecule has 1 heterocycles. The lowest BCUT2D eigenvalue weighted by molar-refractivity contribution is -0.123. The molecule has 1 atom stereocenters. The van der Waals surface area contributed by atoms with Crippen molar-refractivity contribution in [1.82, 2.24) is 4.90 Å². The first kappa shape index (κ1) is 20.6. The van der Waals surface area contributed by atoms with E-state index in [1.165, 1.54) is 11.8 Å². The average Bonchev–Trinajstić information content (AvgIpc) is 2.96. The molecular weight excluding hydrogens is 414 g/mol. The summed E-state index contributed by atoms with van der Waals surface area (Å²) in [4.78, 5) is 27.0. The Bertz CT molecular complexity index is 939. The lowest BCUT2D eigenvalue weighted by Gasteiger charge is -2.21. The molecule has 7 heteroatoms. The predicted octanol–water partition coefficient (Wildman–Crippen LogP) is 5.56. The number of halogens is 1. The van der Waals surface area contributed by atoms with Gasteiger partial charge in [-0.2, -0.15) is 0 Å². The molecule has 144 valence electrons. The summed E-state index contributed by atoms with van der Waals surface area (Å²) < 4.78 is 5.95. The first-order chi connectivity index (χ1) is 13.4. The number of ether oxygens (including phenoxy) is 1. The zero-order valence-corrected chi connectivity index (χ0v) is 17.7. The lowest BCUT2D eigenvalue weighted by Crippen LogP contribution is -2.36. The van der Waals surface area contributed by atoms with Crippen LogP contribution in [0.25, 0.3) is 6.08 Å². The Balaban J connectivity index is 1.70. The van der Waals surface area contributed by atoms with E-state index in [0.717, 1.165) is 12.0 Å². The summed E-state index contributed by atoms with van der Waals surface area (Å²) in [6.45, 7) is 4.01. The van der Waals surface area contributed by atoms with Crippen molar-refractivity contribution in [2.45, 2.75) is 26.3 Å². The number of hydrogen-bond donors (Lipinski definition) is 0. The fraction of sp³-hybridized carbons (Fsp3) is 0.190. The van der Waals surface area contributed by atoms with Gasteiger partial charge in [-0.1, -0.05) is 54.6 Å². The molecule has 2 aromatic rings. The monoisotopic (exact) mass is 431 g/mol. The van der Waals surface area contributed by atoms with Gasteiger partial charge in [0.2, 0.25) is 0 Å². The van der Waals surface area contributed by atoms with Crippen molar-refractivity contribution in [2.75, 3.05) is 0 Å². The van der Waals surface area contributed by atoms with Gasteiger partial charge in [-0.3, -0.25) is 9.69 Å². The van der Waals surface area contributed by atoms with E-state index in [-0.39, 0.29) is 11.9 Å². The molecule has 0 saturated carbocycles. The van der Waals surface area contributed by atoms with Crippen LogP contribution in [0.5, 0.6) is 5.75 Å². The highest BCUT2D eigenvalue weighted by atomic mass is 35.5. The van der Waals surface area contributed by atoms with Gasteiger partial charge in [0.15, 0.2) is 0 Å². The molecule has 4 nitrogen and oxygen atoms in total. The SMILES string of the molecule is CCC(C)N1C(=O)/C(=C/c2ccc(OC(=O)c3ccc(Cl)cc3)cc2)SC1=S. The van der Waals surface area contributed by atoms with Crippen LogP contribution in [0.2, 0.25) is 5.02 Å². The third kappa shape index (κ3) is 4.63. The Morgan fingerprint density at radius 1 is 1.21 bits per heavy atom. The minimum atomic E-state index is -0.459. The molecular formula is C21H18ClNO3S2. The third-order valence-corrected chi connectivity index (χ3v) is 5.91. The van der Waals surface area contributed by atoms with Crippen LogP contribution in [0.4, 0.5) is 0 Å². The van der Waals surface area contributed by atoms with Crippen molar-refractivity contribution < 1.29 is 14.3 Å². The average molecular weight is 432 g/mol. The Morgan fingerprint density at radius 3 is 2.46 bits per heavy atom. The van der Waals surface area contributed by atoms with Gasteiger partial charge in [0.1, 0.15) is 10.1 Å². The molecule has 3 rings (SSSR count). The van der Waals surface area contributed by atoms with Crippen LogP contribution in [0.15, 0.2) is 53.4 Å². The number of thiocarbonyl (C=S) groups is 1. The summed E-state index contributed by atoms with van der Waals surface area (Å²) in [5, 5.41) is 0.555. The second kappa shape index (κ2) is 8.90. The van der Waals surface area contributed by atoms with Gasteiger partial charge < -0.3 is 4.74 Å². The molecule has 0 bridgehead atoms. The minimum absolute atomic E-state index is 0.0670. The van der Waals surface area contributed by atoms with Crippen molar-refractivity contribution in [3.05, 3.63) is 69.6 Å². The highest BCUT2D eigenvalue weighted by Gasteiger charge is 2.34. The molecule has 1 fully saturated rings. The van der Waals surface area contributed by atoms with Crippen LogP contribution in [0, 0.1) is 0 Å². The molecule has 1 saturated heterocycles. The zero-order valence-electron chi connectivity index (χ0n) is 15.3. The first-order valence-electron chi connectivity index (χ1n) is 8.74. The zero-order chi connectivity index (χ0) is 20.3. The number of hydrogen-bond acceptors (Lipinski definition) is 5. The minimum Gasteiger partial charge on any atom is -0.423 e. The topological polar surface area (TPSA) is 46.6 Å². The van der Waals surface area contributed by atoms with Crippen LogP contribution < -0.4 is 4.74 Å². The summed E-state index contributed by atoms with van der Waals surface area (Å²) in [7, 11) is 0. The molecule has 2 aromatic carbocycles. The van der Waals surface area contributed by atoms with E-state index < -0.39 is 5.97 Å². The molecule has 1 amide bonds. The van der Waals surface area contributed by atoms with Crippen LogP contribution >= 0.6 is 35.6 Å². The van der Waals surface area contributed by atoms with E-state index in [2.05, 4.69) is 0 Å². The van der Waals surface area contributed by atoms with Gasteiger partial charge in [0, 0.05) is 11.1 Å². The molecule has 0 aromatic heterocycles. The van der Waals surface area contributed by atoms with Gasteiger partial charge >= 0.3 is 5.97 Å². The summed E-state index contributed by atoms with van der Waals surface area (Å²) in [6, 6.07) is 13.5. The molecule has 28 heavy (non-hydrogen) atoms. The maximum absolute atomic E-state index is 12.6. The summed E-state index contributed by atoms with van der Waals surface area (Å²) in [5.41, 5.74) is 1.25. The number of rotatable bonds is 5. The van der Waals surface area contributed by atoms with Crippen LogP contribution in [-0.2, 0) is 4.79 Å². The number of carbonyl (C=O) groups excluding carboxylic acids is 2. The van der Waals surface area contributed by atoms with Crippen molar-refractivity contribution in [3.63, 3.8) is 0 Å². The highest BCUT2D eigenvalue weighted by molar-refractivity contribution is 8.26. The predicted molar refractivity (Wildman–Crippen MR) is 118 cm³/mol. The van der Waals surface area contributed by atoms with Crippen LogP contribution in [-0.4, -0.2) is 27.1 Å². The van der Waals surface area contributed by atoms with E-state index in [1.54, 1.807) is 59.5 Å². The highest BCUT2D eigenvalue weighted by Crippen LogP contribution is 2.34. The van der Waals surface area contributed by atoms with Crippen molar-refractivity contribution in [2.24, 2.45) is 0 Å². The van der Waals surface area contributed by atoms with Crippen LogP contribution in [0.3, 0.4) is 0 Å². The number of esters is 1. The number of amides is 1. The normalized spacial score (nSPS) is 16.5. The molecule has 1 aliphatic heterocycles. The van der Waals surface area contributed by atoms with Crippen LogP contribution in [0.1, 0.15) is 36.2 Å². The van der Waals surface area contributed by atoms with Gasteiger partial charge in [-0.15, -0.1) is 0 Å². The second-order valence-corrected chi connectivity index (χ2v) is 8.39. The fourth-order valence-electron chi connectivity index (χ4n) is 2.58. The number of thioether (sulfide) groups is 1. The van der Waals surface area contributed by atoms with Gasteiger partial charge in [-0.05, 0) is 61.4 Å². The van der Waals surface area contributed by atoms with Gasteiger partial charge in [0.25, 0.3) is 5.91 Å². The van der Waals surface area contributed by atoms with Gasteiger partial charge in [0.05, 0.1) is 10.5 Å². The Morgan fingerprint density at radius 2 is 1.86 bits per heavy atom.